The fraction of sp³-hybridized carbons (Fsp3) is 0.143. The van der Waals surface area contributed by atoms with Gasteiger partial charge in [-0.25, -0.2) is 15.0 Å². The Morgan fingerprint density at radius 1 is 0.963 bits per heavy atom. The van der Waals surface area contributed by atoms with Crippen molar-refractivity contribution in [1.82, 2.24) is 19.9 Å². The molecule has 0 unspecified atom stereocenters. The normalized spacial score (nSPS) is 10.9. The van der Waals surface area contributed by atoms with Crippen LogP contribution in [0.1, 0.15) is 11.5 Å². The van der Waals surface area contributed by atoms with Gasteiger partial charge in [0.15, 0.2) is 5.82 Å². The van der Waals surface area contributed by atoms with Gasteiger partial charge in [-0.2, -0.15) is 0 Å². The van der Waals surface area contributed by atoms with E-state index in [9.17, 15) is 4.79 Å². The number of benzene rings is 2. The molecular weight excluding hydrogens is 338 g/mol. The lowest BCUT2D eigenvalue weighted by Crippen LogP contribution is -2.22. The summed E-state index contributed by atoms with van der Waals surface area (Å²) in [6, 6.07) is 19.1. The SMILES string of the molecule is Cc1cc(N(C)Cc2nc3ccccc3c(=O)[nH]2)nc(-c2ccccc2)n1. The molecule has 134 valence electrons. The van der Waals surface area contributed by atoms with Gasteiger partial charge in [0.1, 0.15) is 11.6 Å². The predicted molar refractivity (Wildman–Crippen MR) is 107 cm³/mol. The number of aromatic nitrogens is 4. The summed E-state index contributed by atoms with van der Waals surface area (Å²) in [5, 5.41) is 0.591. The molecule has 0 spiro atoms. The van der Waals surface area contributed by atoms with Crippen LogP contribution in [0.25, 0.3) is 22.3 Å². The molecule has 0 radical (unpaired) electrons. The molecule has 6 nitrogen and oxygen atoms in total. The van der Waals surface area contributed by atoms with Crippen molar-refractivity contribution in [3.63, 3.8) is 0 Å². The predicted octanol–water partition coefficient (Wildman–Crippen LogP) is 3.32. The molecule has 2 aromatic heterocycles. The van der Waals surface area contributed by atoms with Crippen molar-refractivity contribution in [2.75, 3.05) is 11.9 Å². The molecule has 1 N–H and O–H groups in total. The first kappa shape index (κ1) is 16.9. The highest BCUT2D eigenvalue weighted by Gasteiger charge is 2.11. The van der Waals surface area contributed by atoms with E-state index in [0.717, 1.165) is 17.1 Å². The minimum Gasteiger partial charge on any atom is -0.352 e. The lowest BCUT2D eigenvalue weighted by atomic mass is 10.2. The van der Waals surface area contributed by atoms with Gasteiger partial charge in [-0.05, 0) is 19.1 Å². The first-order chi connectivity index (χ1) is 13.1. The summed E-state index contributed by atoms with van der Waals surface area (Å²) in [6.45, 7) is 2.38. The number of aromatic amines is 1. The summed E-state index contributed by atoms with van der Waals surface area (Å²) in [5.41, 5.74) is 2.40. The Balaban J connectivity index is 1.66. The van der Waals surface area contributed by atoms with Crippen LogP contribution < -0.4 is 10.5 Å². The Labute approximate surface area is 156 Å². The third-order valence-electron chi connectivity index (χ3n) is 4.31. The Morgan fingerprint density at radius 2 is 1.70 bits per heavy atom. The second-order valence-electron chi connectivity index (χ2n) is 6.44. The third-order valence-corrected chi connectivity index (χ3v) is 4.31. The smallest absolute Gasteiger partial charge is 0.258 e. The van der Waals surface area contributed by atoms with Gasteiger partial charge in [-0.1, -0.05) is 42.5 Å². The zero-order chi connectivity index (χ0) is 18.8. The van der Waals surface area contributed by atoms with Crippen molar-refractivity contribution in [2.45, 2.75) is 13.5 Å². The maximum atomic E-state index is 12.3. The summed E-state index contributed by atoms with van der Waals surface area (Å²) < 4.78 is 0. The molecule has 0 aliphatic rings. The Kier molecular flexibility index (Phi) is 4.38. The van der Waals surface area contributed by atoms with E-state index in [2.05, 4.69) is 19.9 Å². The zero-order valence-electron chi connectivity index (χ0n) is 15.2. The highest BCUT2D eigenvalue weighted by Crippen LogP contribution is 2.20. The van der Waals surface area contributed by atoms with Crippen LogP contribution >= 0.6 is 0 Å². The van der Waals surface area contributed by atoms with E-state index in [0.29, 0.717) is 29.1 Å². The van der Waals surface area contributed by atoms with Crippen molar-refractivity contribution >= 4 is 16.7 Å². The van der Waals surface area contributed by atoms with E-state index >= 15 is 0 Å². The van der Waals surface area contributed by atoms with E-state index in [1.54, 1.807) is 6.07 Å². The van der Waals surface area contributed by atoms with Gasteiger partial charge in [0, 0.05) is 24.4 Å². The van der Waals surface area contributed by atoms with Crippen molar-refractivity contribution in [3.8, 4) is 11.4 Å². The molecule has 0 atom stereocenters. The van der Waals surface area contributed by atoms with E-state index < -0.39 is 0 Å². The van der Waals surface area contributed by atoms with Crippen molar-refractivity contribution in [3.05, 3.63) is 82.5 Å². The van der Waals surface area contributed by atoms with Gasteiger partial charge in [0.25, 0.3) is 5.56 Å². The lowest BCUT2D eigenvalue weighted by molar-refractivity contribution is 0.822. The van der Waals surface area contributed by atoms with E-state index in [4.69, 9.17) is 0 Å². The molecule has 0 bridgehead atoms. The maximum Gasteiger partial charge on any atom is 0.258 e. The third kappa shape index (κ3) is 3.55. The average molecular weight is 357 g/mol. The van der Waals surface area contributed by atoms with Gasteiger partial charge in [-0.3, -0.25) is 4.79 Å². The average Bonchev–Trinajstić information content (AvgIpc) is 2.68. The number of nitrogens with zero attached hydrogens (tertiary/aromatic N) is 4. The van der Waals surface area contributed by atoms with Crippen LogP contribution in [0.3, 0.4) is 0 Å². The number of hydrogen-bond donors (Lipinski definition) is 1. The molecule has 0 fully saturated rings. The zero-order valence-corrected chi connectivity index (χ0v) is 15.2. The summed E-state index contributed by atoms with van der Waals surface area (Å²) in [7, 11) is 1.92. The van der Waals surface area contributed by atoms with Crippen LogP contribution in [0.15, 0.2) is 65.5 Å². The molecule has 2 aromatic carbocycles. The highest BCUT2D eigenvalue weighted by atomic mass is 16.1. The summed E-state index contributed by atoms with van der Waals surface area (Å²) in [4.78, 5) is 30.9. The Bertz CT molecular complexity index is 1150. The van der Waals surface area contributed by atoms with Crippen LogP contribution in [-0.4, -0.2) is 27.0 Å². The van der Waals surface area contributed by atoms with Crippen molar-refractivity contribution in [1.29, 1.82) is 0 Å². The Morgan fingerprint density at radius 3 is 2.52 bits per heavy atom. The van der Waals surface area contributed by atoms with E-state index in [1.807, 2.05) is 73.5 Å². The summed E-state index contributed by atoms with van der Waals surface area (Å²) in [5.74, 6) is 2.05. The number of rotatable bonds is 4. The highest BCUT2D eigenvalue weighted by molar-refractivity contribution is 5.77. The summed E-state index contributed by atoms with van der Waals surface area (Å²) >= 11 is 0. The number of nitrogens with one attached hydrogen (secondary N) is 1. The summed E-state index contributed by atoms with van der Waals surface area (Å²) in [6.07, 6.45) is 0. The van der Waals surface area contributed by atoms with E-state index in [-0.39, 0.29) is 5.56 Å². The monoisotopic (exact) mass is 357 g/mol. The minimum absolute atomic E-state index is 0.132. The fourth-order valence-corrected chi connectivity index (χ4v) is 2.98. The number of fused-ring (bicyclic) bond motifs is 1. The topological polar surface area (TPSA) is 74.8 Å². The number of para-hydroxylation sites is 1. The Hall–Kier alpha value is -3.54. The maximum absolute atomic E-state index is 12.3. The van der Waals surface area contributed by atoms with Crippen molar-refractivity contribution < 1.29 is 0 Å². The quantitative estimate of drug-likeness (QED) is 0.606. The fourth-order valence-electron chi connectivity index (χ4n) is 2.98. The number of H-pyrrole nitrogens is 1. The lowest BCUT2D eigenvalue weighted by Gasteiger charge is -2.19. The first-order valence-corrected chi connectivity index (χ1v) is 8.70. The number of aryl methyl sites for hydroxylation is 1. The van der Waals surface area contributed by atoms with Gasteiger partial charge in [-0.15, -0.1) is 0 Å². The van der Waals surface area contributed by atoms with Crippen LogP contribution in [0.4, 0.5) is 5.82 Å². The van der Waals surface area contributed by atoms with E-state index in [1.165, 1.54) is 0 Å². The largest absolute Gasteiger partial charge is 0.352 e. The number of anilines is 1. The molecule has 0 aliphatic carbocycles. The molecule has 0 saturated carbocycles. The molecule has 4 aromatic rings. The molecule has 0 amide bonds. The molecule has 0 saturated heterocycles. The van der Waals surface area contributed by atoms with Crippen LogP contribution in [0.5, 0.6) is 0 Å². The molecule has 6 heteroatoms. The molecule has 0 aliphatic heterocycles. The molecule has 27 heavy (non-hydrogen) atoms. The first-order valence-electron chi connectivity index (χ1n) is 8.70. The number of hydrogen-bond acceptors (Lipinski definition) is 5. The second-order valence-corrected chi connectivity index (χ2v) is 6.44. The second kappa shape index (κ2) is 6.99. The van der Waals surface area contributed by atoms with Crippen LogP contribution in [0, 0.1) is 6.92 Å². The van der Waals surface area contributed by atoms with Crippen LogP contribution in [0.2, 0.25) is 0 Å². The standard InChI is InChI=1S/C21H19N5O/c1-14-12-19(25-20(22-14)15-8-4-3-5-9-15)26(2)13-18-23-17-11-7-6-10-16(17)21(27)24-18/h3-12H,13H2,1-2H3,(H,23,24,27). The van der Waals surface area contributed by atoms with Gasteiger partial charge in [0.2, 0.25) is 0 Å². The molecule has 4 rings (SSSR count). The van der Waals surface area contributed by atoms with Crippen LogP contribution in [-0.2, 0) is 6.54 Å². The van der Waals surface area contributed by atoms with Gasteiger partial charge < -0.3 is 9.88 Å². The minimum atomic E-state index is -0.132. The molecule has 2 heterocycles. The van der Waals surface area contributed by atoms with Gasteiger partial charge in [0.05, 0.1) is 17.4 Å². The van der Waals surface area contributed by atoms with Crippen molar-refractivity contribution in [2.24, 2.45) is 0 Å². The molecular formula is C21H19N5O. The van der Waals surface area contributed by atoms with Gasteiger partial charge >= 0.3 is 0 Å².